The van der Waals surface area contributed by atoms with Crippen LogP contribution in [-0.2, 0) is 16.1 Å². The fourth-order valence-corrected chi connectivity index (χ4v) is 5.61. The lowest BCUT2D eigenvalue weighted by Crippen LogP contribution is -2.41. The van der Waals surface area contributed by atoms with Gasteiger partial charge in [0.2, 0.25) is 0 Å². The maximum absolute atomic E-state index is 12.5. The van der Waals surface area contributed by atoms with Crippen LogP contribution in [0.3, 0.4) is 0 Å². The highest BCUT2D eigenvalue weighted by Crippen LogP contribution is 2.34. The van der Waals surface area contributed by atoms with E-state index in [2.05, 4.69) is 5.32 Å². The Kier molecular flexibility index (Phi) is 8.75. The second-order valence-corrected chi connectivity index (χ2v) is 7.76. The number of amides is 1. The number of ether oxygens (including phenoxy) is 1. The highest BCUT2D eigenvalue weighted by molar-refractivity contribution is 14.1. The second kappa shape index (κ2) is 9.53. The highest BCUT2D eigenvalue weighted by atomic mass is 127. The molecule has 0 aliphatic rings. The van der Waals surface area contributed by atoms with Crippen molar-refractivity contribution in [3.8, 4) is 0 Å². The fourth-order valence-electron chi connectivity index (χ4n) is 1.64. The number of anilines is 1. The van der Waals surface area contributed by atoms with Gasteiger partial charge in [0.1, 0.15) is 6.61 Å². The number of aliphatic hydroxyl groups excluding tert-OH is 2. The quantitative estimate of drug-likeness (QED) is 0.207. The largest absolute Gasteiger partial charge is 0.461 e. The predicted molar refractivity (Wildman–Crippen MR) is 110 cm³/mol. The van der Waals surface area contributed by atoms with Crippen LogP contribution < -0.4 is 11.1 Å². The molecule has 1 aromatic carbocycles. The lowest BCUT2D eigenvalue weighted by molar-refractivity contribution is -0.142. The van der Waals surface area contributed by atoms with Crippen LogP contribution in [0.15, 0.2) is 0 Å². The van der Waals surface area contributed by atoms with Crippen LogP contribution in [-0.4, -0.2) is 41.3 Å². The van der Waals surface area contributed by atoms with E-state index in [0.29, 0.717) is 24.0 Å². The standard InChI is InChI=1S/C13H15I3N2O5/c1-5(21)23-4-7-9(14)8(11(16)12(17)10(7)15)13(22)18-6(2-19)3-20/h6,19-20H,2-4,17H2,1H3,(H,18,22). The van der Waals surface area contributed by atoms with E-state index < -0.39 is 17.9 Å². The van der Waals surface area contributed by atoms with Crippen molar-refractivity contribution >= 4 is 85.3 Å². The first kappa shape index (κ1) is 21.1. The van der Waals surface area contributed by atoms with Gasteiger partial charge < -0.3 is 26.0 Å². The normalized spacial score (nSPS) is 10.7. The zero-order valence-corrected chi connectivity index (χ0v) is 18.5. The van der Waals surface area contributed by atoms with E-state index in [4.69, 9.17) is 20.7 Å². The number of nitrogens with two attached hydrogens (primary N) is 1. The molecule has 1 aromatic rings. The number of carbonyl (C=O) groups is 2. The number of nitrogen functional groups attached to an aromatic ring is 1. The lowest BCUT2D eigenvalue weighted by atomic mass is 10.1. The number of carbonyl (C=O) groups excluding carboxylic acids is 2. The summed E-state index contributed by atoms with van der Waals surface area (Å²) in [6, 6.07) is -0.758. The van der Waals surface area contributed by atoms with Crippen molar-refractivity contribution < 1.29 is 24.5 Å². The molecule has 23 heavy (non-hydrogen) atoms. The molecule has 0 saturated carbocycles. The van der Waals surface area contributed by atoms with Gasteiger partial charge in [0, 0.05) is 19.6 Å². The maximum Gasteiger partial charge on any atom is 0.302 e. The van der Waals surface area contributed by atoms with E-state index >= 15 is 0 Å². The van der Waals surface area contributed by atoms with Gasteiger partial charge in [0.15, 0.2) is 0 Å². The first-order chi connectivity index (χ1) is 10.7. The van der Waals surface area contributed by atoms with Gasteiger partial charge in [-0.15, -0.1) is 0 Å². The molecule has 0 atom stereocenters. The molecular formula is C13H15I3N2O5. The molecule has 0 heterocycles. The van der Waals surface area contributed by atoms with Crippen molar-refractivity contribution in [2.45, 2.75) is 19.6 Å². The summed E-state index contributed by atoms with van der Waals surface area (Å²) >= 11 is 6.02. The van der Waals surface area contributed by atoms with Crippen LogP contribution in [0.4, 0.5) is 5.69 Å². The van der Waals surface area contributed by atoms with Crippen molar-refractivity contribution in [1.82, 2.24) is 5.32 Å². The topological polar surface area (TPSA) is 122 Å². The Hall–Kier alpha value is 0.0700. The summed E-state index contributed by atoms with van der Waals surface area (Å²) in [5.41, 5.74) is 7.45. The molecule has 0 aliphatic carbocycles. The summed E-state index contributed by atoms with van der Waals surface area (Å²) < 4.78 is 6.92. The highest BCUT2D eigenvalue weighted by Gasteiger charge is 2.25. The van der Waals surface area contributed by atoms with Crippen LogP contribution in [0.25, 0.3) is 0 Å². The van der Waals surface area contributed by atoms with E-state index in [-0.39, 0.29) is 19.8 Å². The average molecular weight is 660 g/mol. The summed E-state index contributed by atoms with van der Waals surface area (Å²) in [5.74, 6) is -0.889. The molecule has 10 heteroatoms. The summed E-state index contributed by atoms with van der Waals surface area (Å²) in [4.78, 5) is 23.5. The van der Waals surface area contributed by atoms with Crippen LogP contribution in [0.1, 0.15) is 22.8 Å². The Labute approximate surface area is 174 Å². The summed E-state index contributed by atoms with van der Waals surface area (Å²) in [7, 11) is 0. The minimum atomic E-state index is -0.758. The number of hydrogen-bond donors (Lipinski definition) is 4. The van der Waals surface area contributed by atoms with E-state index in [9.17, 15) is 9.59 Å². The predicted octanol–water partition coefficient (Wildman–Crippen LogP) is 1.23. The van der Waals surface area contributed by atoms with E-state index in [1.54, 1.807) is 0 Å². The number of benzene rings is 1. The molecule has 0 fully saturated rings. The molecule has 0 unspecified atom stereocenters. The smallest absolute Gasteiger partial charge is 0.302 e. The van der Waals surface area contributed by atoms with Gasteiger partial charge in [0.05, 0.1) is 34.1 Å². The second-order valence-electron chi connectivity index (χ2n) is 4.52. The van der Waals surface area contributed by atoms with Gasteiger partial charge in [-0.1, -0.05) is 0 Å². The number of rotatable bonds is 6. The summed E-state index contributed by atoms with van der Waals surface area (Å²) in [6.45, 7) is 0.554. The number of esters is 1. The Morgan fingerprint density at radius 1 is 1.17 bits per heavy atom. The number of halogens is 3. The van der Waals surface area contributed by atoms with Crippen molar-refractivity contribution in [3.63, 3.8) is 0 Å². The molecule has 5 N–H and O–H groups in total. The molecular weight excluding hydrogens is 645 g/mol. The maximum atomic E-state index is 12.5. The lowest BCUT2D eigenvalue weighted by Gasteiger charge is -2.19. The number of nitrogens with one attached hydrogen (secondary N) is 1. The SMILES string of the molecule is CC(=O)OCc1c(I)c(N)c(I)c(C(=O)NC(CO)CO)c1I. The summed E-state index contributed by atoms with van der Waals surface area (Å²) in [5, 5.41) is 20.7. The Morgan fingerprint density at radius 3 is 2.22 bits per heavy atom. The molecule has 1 rings (SSSR count). The number of hydrogen-bond acceptors (Lipinski definition) is 6. The van der Waals surface area contributed by atoms with Gasteiger partial charge in [-0.25, -0.2) is 0 Å². The molecule has 0 spiro atoms. The Bertz CT molecular complexity index is 620. The first-order valence-corrected chi connectivity index (χ1v) is 9.58. The molecule has 0 aromatic heterocycles. The van der Waals surface area contributed by atoms with Gasteiger partial charge >= 0.3 is 5.97 Å². The van der Waals surface area contributed by atoms with Gasteiger partial charge in [-0.05, 0) is 67.8 Å². The van der Waals surface area contributed by atoms with E-state index in [0.717, 1.165) is 3.57 Å². The fraction of sp³-hybridized carbons (Fsp3) is 0.385. The van der Waals surface area contributed by atoms with E-state index in [1.807, 2.05) is 67.8 Å². The van der Waals surface area contributed by atoms with Crippen molar-refractivity contribution in [3.05, 3.63) is 21.8 Å². The zero-order chi connectivity index (χ0) is 17.7. The average Bonchev–Trinajstić information content (AvgIpc) is 2.50. The molecule has 128 valence electrons. The van der Waals surface area contributed by atoms with Gasteiger partial charge in [-0.2, -0.15) is 0 Å². The van der Waals surface area contributed by atoms with Crippen molar-refractivity contribution in [2.75, 3.05) is 18.9 Å². The third kappa shape index (κ3) is 5.27. The van der Waals surface area contributed by atoms with Gasteiger partial charge in [0.25, 0.3) is 5.91 Å². The minimum Gasteiger partial charge on any atom is -0.461 e. The Balaban J connectivity index is 3.31. The van der Waals surface area contributed by atoms with Crippen LogP contribution >= 0.6 is 67.8 Å². The van der Waals surface area contributed by atoms with Crippen molar-refractivity contribution in [2.24, 2.45) is 0 Å². The molecule has 0 radical (unpaired) electrons. The third-order valence-electron chi connectivity index (χ3n) is 2.86. The molecule has 1 amide bonds. The Morgan fingerprint density at radius 2 is 1.74 bits per heavy atom. The summed E-state index contributed by atoms with van der Waals surface area (Å²) in [6.07, 6.45) is 0. The molecule has 0 bridgehead atoms. The van der Waals surface area contributed by atoms with Crippen LogP contribution in [0.5, 0.6) is 0 Å². The number of aliphatic hydroxyl groups is 2. The van der Waals surface area contributed by atoms with E-state index in [1.165, 1.54) is 6.92 Å². The zero-order valence-electron chi connectivity index (χ0n) is 12.0. The van der Waals surface area contributed by atoms with Crippen LogP contribution in [0.2, 0.25) is 0 Å². The molecule has 0 aliphatic heterocycles. The molecule has 0 saturated heterocycles. The van der Waals surface area contributed by atoms with Gasteiger partial charge in [-0.3, -0.25) is 9.59 Å². The van der Waals surface area contributed by atoms with Crippen LogP contribution in [0, 0.1) is 10.7 Å². The molecule has 7 nitrogen and oxygen atoms in total. The monoisotopic (exact) mass is 660 g/mol. The van der Waals surface area contributed by atoms with Crippen molar-refractivity contribution in [1.29, 1.82) is 0 Å². The first-order valence-electron chi connectivity index (χ1n) is 6.35. The third-order valence-corrected chi connectivity index (χ3v) is 6.41. The minimum absolute atomic E-state index is 0.0106.